The summed E-state index contributed by atoms with van der Waals surface area (Å²) in [5.74, 6) is 0.914. The summed E-state index contributed by atoms with van der Waals surface area (Å²) in [6.07, 6.45) is 4.15. The number of aryl methyl sites for hydroxylation is 1. The van der Waals surface area contributed by atoms with Gasteiger partial charge in [-0.1, -0.05) is 17.7 Å². The van der Waals surface area contributed by atoms with E-state index in [0.717, 1.165) is 17.0 Å². The summed E-state index contributed by atoms with van der Waals surface area (Å²) in [7, 11) is 0. The van der Waals surface area contributed by atoms with E-state index in [9.17, 15) is 0 Å². The Labute approximate surface area is 114 Å². The summed E-state index contributed by atoms with van der Waals surface area (Å²) in [6.45, 7) is 4.07. The van der Waals surface area contributed by atoms with Gasteiger partial charge in [0.25, 0.3) is 0 Å². The van der Waals surface area contributed by atoms with Gasteiger partial charge in [0.15, 0.2) is 0 Å². The minimum Gasteiger partial charge on any atom is -0.329 e. The van der Waals surface area contributed by atoms with Gasteiger partial charge in [-0.05, 0) is 55.4 Å². The normalized spacial score (nSPS) is 28.8. The average Bonchev–Trinajstić information content (AvgIpc) is 2.95. The number of nitrogens with two attached hydrogens (primary N) is 1. The minimum atomic E-state index is 0.373. The lowest BCUT2D eigenvalue weighted by Crippen LogP contribution is -2.39. The van der Waals surface area contributed by atoms with Gasteiger partial charge in [-0.25, -0.2) is 0 Å². The number of halogens is 1. The third-order valence-corrected chi connectivity index (χ3v) is 4.90. The fourth-order valence-electron chi connectivity index (χ4n) is 3.80. The molecule has 1 saturated heterocycles. The number of hydrogen-bond acceptors (Lipinski definition) is 2. The predicted molar refractivity (Wildman–Crippen MR) is 75.8 cm³/mol. The summed E-state index contributed by atoms with van der Waals surface area (Å²) in [5, 5.41) is 0.815. The highest BCUT2D eigenvalue weighted by molar-refractivity contribution is 6.30. The molecule has 0 radical (unpaired) electrons. The Hall–Kier alpha value is -0.570. The van der Waals surface area contributed by atoms with Gasteiger partial charge < -0.3 is 5.73 Å². The van der Waals surface area contributed by atoms with E-state index in [4.69, 9.17) is 17.3 Å². The van der Waals surface area contributed by atoms with E-state index < -0.39 is 0 Å². The highest BCUT2D eigenvalue weighted by Gasteiger charge is 2.41. The molecule has 3 rings (SSSR count). The molecule has 1 aliphatic carbocycles. The highest BCUT2D eigenvalue weighted by atomic mass is 35.5. The fourth-order valence-corrected chi connectivity index (χ4v) is 4.03. The van der Waals surface area contributed by atoms with Gasteiger partial charge in [0, 0.05) is 30.2 Å². The van der Waals surface area contributed by atoms with E-state index in [-0.39, 0.29) is 0 Å². The summed E-state index contributed by atoms with van der Waals surface area (Å²) < 4.78 is 0. The summed E-state index contributed by atoms with van der Waals surface area (Å²) in [6, 6.07) is 7.33. The second-order valence-electron chi connectivity index (χ2n) is 5.78. The molecule has 3 atom stereocenters. The largest absolute Gasteiger partial charge is 0.329 e. The summed E-state index contributed by atoms with van der Waals surface area (Å²) in [4.78, 5) is 2.63. The predicted octanol–water partition coefficient (Wildman–Crippen LogP) is 3.13. The molecule has 2 aliphatic rings. The number of fused-ring (bicyclic) bond motifs is 2. The van der Waals surface area contributed by atoms with Crippen LogP contribution in [-0.4, -0.2) is 24.0 Å². The van der Waals surface area contributed by atoms with Crippen LogP contribution in [0.25, 0.3) is 0 Å². The van der Waals surface area contributed by atoms with E-state index in [1.807, 2.05) is 12.1 Å². The molecule has 1 aliphatic heterocycles. The second-order valence-corrected chi connectivity index (χ2v) is 6.22. The van der Waals surface area contributed by atoms with Crippen molar-refractivity contribution in [2.45, 2.75) is 38.3 Å². The maximum atomic E-state index is 6.05. The zero-order valence-electron chi connectivity index (χ0n) is 10.9. The zero-order valence-corrected chi connectivity index (χ0v) is 11.7. The number of hydrogen-bond donors (Lipinski definition) is 1. The summed E-state index contributed by atoms with van der Waals surface area (Å²) >= 11 is 6.04. The van der Waals surface area contributed by atoms with Crippen LogP contribution in [0.2, 0.25) is 5.02 Å². The average molecular weight is 265 g/mol. The summed E-state index contributed by atoms with van der Waals surface area (Å²) in [5.41, 5.74) is 8.67. The van der Waals surface area contributed by atoms with Crippen molar-refractivity contribution in [2.75, 3.05) is 13.1 Å². The maximum Gasteiger partial charge on any atom is 0.0476 e. The van der Waals surface area contributed by atoms with Crippen molar-refractivity contribution < 1.29 is 0 Å². The van der Waals surface area contributed by atoms with Crippen LogP contribution in [0.5, 0.6) is 0 Å². The number of rotatable bonds is 3. The monoisotopic (exact) mass is 264 g/mol. The molecule has 1 saturated carbocycles. The van der Waals surface area contributed by atoms with Crippen LogP contribution in [0.15, 0.2) is 18.2 Å². The molecule has 3 unspecified atom stereocenters. The maximum absolute atomic E-state index is 6.05. The Kier molecular flexibility index (Phi) is 3.35. The standard InChI is InChI=1S/C15H21ClN2/c1-10-6-12(16)3-5-14(10)15(8-17)18-9-11-2-4-13(18)7-11/h3,5-6,11,13,15H,2,4,7-9,17H2,1H3. The van der Waals surface area contributed by atoms with Crippen molar-refractivity contribution >= 4 is 11.6 Å². The minimum absolute atomic E-state index is 0.373. The van der Waals surface area contributed by atoms with E-state index in [1.165, 1.54) is 36.9 Å². The smallest absolute Gasteiger partial charge is 0.0476 e. The number of piperidine rings is 1. The Morgan fingerprint density at radius 3 is 2.83 bits per heavy atom. The van der Waals surface area contributed by atoms with Crippen LogP contribution in [0.3, 0.4) is 0 Å². The topological polar surface area (TPSA) is 29.3 Å². The Morgan fingerprint density at radius 2 is 2.28 bits per heavy atom. The lowest BCUT2D eigenvalue weighted by Gasteiger charge is -2.35. The molecule has 2 N–H and O–H groups in total. The first kappa shape index (κ1) is 12.5. The highest BCUT2D eigenvalue weighted by Crippen LogP contribution is 2.42. The molecule has 2 nitrogen and oxygen atoms in total. The molecule has 1 aromatic carbocycles. The first-order valence-electron chi connectivity index (χ1n) is 6.91. The third kappa shape index (κ3) is 2.07. The molecule has 1 aromatic rings. The van der Waals surface area contributed by atoms with Crippen LogP contribution in [0.4, 0.5) is 0 Å². The van der Waals surface area contributed by atoms with Gasteiger partial charge in [-0.15, -0.1) is 0 Å². The SMILES string of the molecule is Cc1cc(Cl)ccc1C(CN)N1CC2CCC1C2. The van der Waals surface area contributed by atoms with Crippen molar-refractivity contribution in [3.63, 3.8) is 0 Å². The number of benzene rings is 1. The lowest BCUT2D eigenvalue weighted by molar-refractivity contribution is 0.152. The molecule has 18 heavy (non-hydrogen) atoms. The van der Waals surface area contributed by atoms with Crippen molar-refractivity contribution in [2.24, 2.45) is 11.7 Å². The Morgan fingerprint density at radius 1 is 1.44 bits per heavy atom. The molecule has 2 bridgehead atoms. The third-order valence-electron chi connectivity index (χ3n) is 4.67. The van der Waals surface area contributed by atoms with E-state index >= 15 is 0 Å². The molecule has 3 heteroatoms. The van der Waals surface area contributed by atoms with Crippen LogP contribution in [0.1, 0.15) is 36.4 Å². The molecule has 0 spiro atoms. The van der Waals surface area contributed by atoms with Crippen LogP contribution < -0.4 is 5.73 Å². The quantitative estimate of drug-likeness (QED) is 0.909. The molecular formula is C15H21ClN2. The van der Waals surface area contributed by atoms with Crippen molar-refractivity contribution in [3.8, 4) is 0 Å². The van der Waals surface area contributed by atoms with Gasteiger partial charge in [0.1, 0.15) is 0 Å². The van der Waals surface area contributed by atoms with Crippen LogP contribution >= 0.6 is 11.6 Å². The van der Waals surface area contributed by atoms with Crippen molar-refractivity contribution in [1.82, 2.24) is 4.90 Å². The molecule has 98 valence electrons. The van der Waals surface area contributed by atoms with Gasteiger partial charge in [0.05, 0.1) is 0 Å². The first-order valence-corrected chi connectivity index (χ1v) is 7.28. The van der Waals surface area contributed by atoms with E-state index in [2.05, 4.69) is 17.9 Å². The van der Waals surface area contributed by atoms with Crippen LogP contribution in [-0.2, 0) is 0 Å². The molecule has 2 fully saturated rings. The number of likely N-dealkylation sites (tertiary alicyclic amines) is 1. The Bertz CT molecular complexity index is 446. The molecular weight excluding hydrogens is 244 g/mol. The molecule has 1 heterocycles. The molecule has 0 aromatic heterocycles. The fraction of sp³-hybridized carbons (Fsp3) is 0.600. The second kappa shape index (κ2) is 4.84. The van der Waals surface area contributed by atoms with Gasteiger partial charge in [0.2, 0.25) is 0 Å². The first-order chi connectivity index (χ1) is 8.69. The van der Waals surface area contributed by atoms with Crippen molar-refractivity contribution in [3.05, 3.63) is 34.3 Å². The van der Waals surface area contributed by atoms with E-state index in [0.29, 0.717) is 12.6 Å². The number of nitrogens with zero attached hydrogens (tertiary/aromatic N) is 1. The van der Waals surface area contributed by atoms with Crippen molar-refractivity contribution in [1.29, 1.82) is 0 Å². The van der Waals surface area contributed by atoms with E-state index in [1.54, 1.807) is 0 Å². The zero-order chi connectivity index (χ0) is 12.7. The Balaban J connectivity index is 1.88. The molecule has 0 amide bonds. The van der Waals surface area contributed by atoms with Crippen LogP contribution in [0, 0.1) is 12.8 Å². The van der Waals surface area contributed by atoms with Gasteiger partial charge >= 0.3 is 0 Å². The lowest BCUT2D eigenvalue weighted by atomic mass is 9.98. The van der Waals surface area contributed by atoms with Gasteiger partial charge in [-0.2, -0.15) is 0 Å². The van der Waals surface area contributed by atoms with Gasteiger partial charge in [-0.3, -0.25) is 4.90 Å².